The fourth-order valence-corrected chi connectivity index (χ4v) is 3.95. The zero-order valence-electron chi connectivity index (χ0n) is 15.6. The molecule has 2 atom stereocenters. The van der Waals surface area contributed by atoms with E-state index in [-0.39, 0.29) is 0 Å². The molecule has 0 spiro atoms. The Labute approximate surface area is 157 Å². The van der Waals surface area contributed by atoms with Crippen LogP contribution in [0.15, 0.2) is 54.6 Å². The third-order valence-corrected chi connectivity index (χ3v) is 5.63. The summed E-state index contributed by atoms with van der Waals surface area (Å²) >= 11 is 0. The molecule has 0 amide bonds. The Morgan fingerprint density at radius 3 is 2.50 bits per heavy atom. The first-order chi connectivity index (χ1) is 12.9. The van der Waals surface area contributed by atoms with Gasteiger partial charge in [0.05, 0.1) is 6.61 Å². The first kappa shape index (κ1) is 17.6. The minimum Gasteiger partial charge on any atom is -0.493 e. The number of ether oxygens (including phenoxy) is 1. The second-order valence-electron chi connectivity index (χ2n) is 7.60. The lowest BCUT2D eigenvalue weighted by Gasteiger charge is -2.14. The topological polar surface area (TPSA) is 24.5 Å². The highest BCUT2D eigenvalue weighted by Gasteiger charge is 2.37. The first-order valence-corrected chi connectivity index (χ1v) is 10.1. The first-order valence-electron chi connectivity index (χ1n) is 10.1. The van der Waals surface area contributed by atoms with Gasteiger partial charge in [-0.1, -0.05) is 42.5 Å². The molecule has 2 aromatic carbocycles. The molecule has 0 aromatic heterocycles. The summed E-state index contributed by atoms with van der Waals surface area (Å²) in [5.74, 6) is 1.66. The van der Waals surface area contributed by atoms with Crippen molar-refractivity contribution in [1.29, 1.82) is 0 Å². The molecule has 1 saturated heterocycles. The quantitative estimate of drug-likeness (QED) is 0.743. The third kappa shape index (κ3) is 4.87. The molecule has 0 bridgehead atoms. The van der Waals surface area contributed by atoms with Gasteiger partial charge >= 0.3 is 0 Å². The van der Waals surface area contributed by atoms with Crippen LogP contribution >= 0.6 is 0 Å². The number of likely N-dealkylation sites (tertiary alicyclic amines) is 1. The largest absolute Gasteiger partial charge is 0.493 e. The predicted octanol–water partition coefficient (Wildman–Crippen LogP) is 3.85. The van der Waals surface area contributed by atoms with Crippen molar-refractivity contribution >= 4 is 0 Å². The fourth-order valence-electron chi connectivity index (χ4n) is 3.95. The fraction of sp³-hybridized carbons (Fsp3) is 0.478. The van der Waals surface area contributed by atoms with Crippen molar-refractivity contribution in [2.45, 2.75) is 37.6 Å². The van der Waals surface area contributed by atoms with E-state index in [4.69, 9.17) is 4.74 Å². The minimum atomic E-state index is 0.669. The molecule has 0 radical (unpaired) electrons. The molecule has 1 saturated carbocycles. The summed E-state index contributed by atoms with van der Waals surface area (Å²) in [4.78, 5) is 2.58. The van der Waals surface area contributed by atoms with Gasteiger partial charge in [-0.2, -0.15) is 0 Å². The van der Waals surface area contributed by atoms with E-state index in [0.29, 0.717) is 12.0 Å². The molecular formula is C23H30N2O. The molecular weight excluding hydrogens is 320 g/mol. The van der Waals surface area contributed by atoms with E-state index in [1.165, 1.54) is 50.0 Å². The molecule has 1 aliphatic carbocycles. The second kappa shape index (κ2) is 8.70. The van der Waals surface area contributed by atoms with E-state index in [1.807, 2.05) is 0 Å². The number of benzene rings is 2. The van der Waals surface area contributed by atoms with Gasteiger partial charge in [-0.15, -0.1) is 0 Å². The van der Waals surface area contributed by atoms with Crippen LogP contribution in [0, 0.1) is 0 Å². The summed E-state index contributed by atoms with van der Waals surface area (Å²) in [5, 5.41) is 3.73. The Morgan fingerprint density at radius 1 is 0.962 bits per heavy atom. The van der Waals surface area contributed by atoms with Crippen LogP contribution in [0.3, 0.4) is 0 Å². The van der Waals surface area contributed by atoms with Crippen LogP contribution in [0.1, 0.15) is 36.3 Å². The predicted molar refractivity (Wildman–Crippen MR) is 107 cm³/mol. The van der Waals surface area contributed by atoms with Crippen molar-refractivity contribution in [2.24, 2.45) is 0 Å². The van der Waals surface area contributed by atoms with Crippen LogP contribution < -0.4 is 10.1 Å². The lowest BCUT2D eigenvalue weighted by Crippen LogP contribution is -2.31. The van der Waals surface area contributed by atoms with Gasteiger partial charge in [-0.05, 0) is 55.6 Å². The van der Waals surface area contributed by atoms with Crippen molar-refractivity contribution in [3.8, 4) is 5.75 Å². The molecule has 1 N–H and O–H groups in total. The smallest absolute Gasteiger partial charge is 0.119 e. The number of hydrogen-bond donors (Lipinski definition) is 1. The van der Waals surface area contributed by atoms with Gasteiger partial charge in [0.25, 0.3) is 0 Å². The van der Waals surface area contributed by atoms with Gasteiger partial charge in [0.2, 0.25) is 0 Å². The van der Waals surface area contributed by atoms with Crippen LogP contribution in [0.2, 0.25) is 0 Å². The Balaban J connectivity index is 1.16. The van der Waals surface area contributed by atoms with Crippen LogP contribution in [-0.4, -0.2) is 43.7 Å². The Kier molecular flexibility index (Phi) is 5.88. The highest BCUT2D eigenvalue weighted by Crippen LogP contribution is 2.41. The lowest BCUT2D eigenvalue weighted by atomic mass is 10.1. The van der Waals surface area contributed by atoms with Crippen molar-refractivity contribution in [1.82, 2.24) is 10.2 Å². The molecule has 1 aliphatic heterocycles. The minimum absolute atomic E-state index is 0.669. The Hall–Kier alpha value is -1.84. The summed E-state index contributed by atoms with van der Waals surface area (Å²) in [5.41, 5.74) is 2.77. The summed E-state index contributed by atoms with van der Waals surface area (Å²) in [6.07, 6.45) is 4.99. The van der Waals surface area contributed by atoms with Crippen molar-refractivity contribution < 1.29 is 4.74 Å². The van der Waals surface area contributed by atoms with Crippen molar-refractivity contribution in [3.63, 3.8) is 0 Å². The molecule has 2 aromatic rings. The molecule has 1 heterocycles. The lowest BCUT2D eigenvalue weighted by molar-refractivity contribution is 0.322. The normalized spacial score (nSPS) is 22.5. The Bertz CT molecular complexity index is 664. The average Bonchev–Trinajstić information content (AvgIpc) is 3.26. The SMILES string of the molecule is c1ccc(CCOc2ccc([C@@H]3C[C@H]3NCCN3CCCC3)cc2)cc1. The molecule has 3 nitrogen and oxygen atoms in total. The average molecular weight is 351 g/mol. The zero-order valence-corrected chi connectivity index (χ0v) is 15.6. The molecule has 3 heteroatoms. The highest BCUT2D eigenvalue weighted by atomic mass is 16.5. The molecule has 26 heavy (non-hydrogen) atoms. The van der Waals surface area contributed by atoms with Gasteiger partial charge in [-0.25, -0.2) is 0 Å². The number of nitrogens with one attached hydrogen (secondary N) is 1. The van der Waals surface area contributed by atoms with Crippen LogP contribution in [0.5, 0.6) is 5.75 Å². The molecule has 0 unspecified atom stereocenters. The van der Waals surface area contributed by atoms with E-state index in [1.54, 1.807) is 0 Å². The van der Waals surface area contributed by atoms with Gasteiger partial charge in [0.1, 0.15) is 5.75 Å². The van der Waals surface area contributed by atoms with Gasteiger partial charge in [-0.3, -0.25) is 0 Å². The van der Waals surface area contributed by atoms with E-state index in [0.717, 1.165) is 25.3 Å². The summed E-state index contributed by atoms with van der Waals surface area (Å²) < 4.78 is 5.89. The van der Waals surface area contributed by atoms with E-state index < -0.39 is 0 Å². The summed E-state index contributed by atoms with van der Waals surface area (Å²) in [7, 11) is 0. The zero-order chi connectivity index (χ0) is 17.6. The van der Waals surface area contributed by atoms with E-state index in [2.05, 4.69) is 64.8 Å². The maximum atomic E-state index is 5.89. The monoisotopic (exact) mass is 350 g/mol. The van der Waals surface area contributed by atoms with Crippen LogP contribution in [0.25, 0.3) is 0 Å². The highest BCUT2D eigenvalue weighted by molar-refractivity contribution is 5.33. The number of hydrogen-bond acceptors (Lipinski definition) is 3. The van der Waals surface area contributed by atoms with Crippen molar-refractivity contribution in [2.75, 3.05) is 32.8 Å². The third-order valence-electron chi connectivity index (χ3n) is 5.63. The number of nitrogens with zero attached hydrogens (tertiary/aromatic N) is 1. The van der Waals surface area contributed by atoms with Gasteiger partial charge in [0.15, 0.2) is 0 Å². The summed E-state index contributed by atoms with van der Waals surface area (Å²) in [6.45, 7) is 5.65. The number of rotatable bonds is 9. The van der Waals surface area contributed by atoms with Gasteiger partial charge in [0, 0.05) is 31.5 Å². The van der Waals surface area contributed by atoms with Crippen LogP contribution in [0.4, 0.5) is 0 Å². The molecule has 2 fully saturated rings. The maximum Gasteiger partial charge on any atom is 0.119 e. The standard InChI is InChI=1S/C23H30N2O/c1-2-6-19(7-3-1)12-17-26-21-10-8-20(9-11-21)22-18-23(22)24-13-16-25-14-4-5-15-25/h1-3,6-11,22-24H,4-5,12-18H2/t22-,23+/m0/s1. The van der Waals surface area contributed by atoms with Crippen LogP contribution in [-0.2, 0) is 6.42 Å². The second-order valence-corrected chi connectivity index (χ2v) is 7.60. The van der Waals surface area contributed by atoms with E-state index >= 15 is 0 Å². The summed E-state index contributed by atoms with van der Waals surface area (Å²) in [6, 6.07) is 19.9. The van der Waals surface area contributed by atoms with E-state index in [9.17, 15) is 0 Å². The van der Waals surface area contributed by atoms with Gasteiger partial charge < -0.3 is 15.0 Å². The molecule has 138 valence electrons. The maximum absolute atomic E-state index is 5.89. The Morgan fingerprint density at radius 2 is 1.73 bits per heavy atom. The molecule has 2 aliphatic rings. The molecule has 4 rings (SSSR count). The van der Waals surface area contributed by atoms with Crippen molar-refractivity contribution in [3.05, 3.63) is 65.7 Å².